The highest BCUT2D eigenvalue weighted by molar-refractivity contribution is 7.92. The van der Waals surface area contributed by atoms with Gasteiger partial charge in [-0.05, 0) is 42.0 Å². The number of nitrogens with zero attached hydrogens (tertiary/aromatic N) is 5. The van der Waals surface area contributed by atoms with Crippen LogP contribution in [0.1, 0.15) is 5.56 Å². The highest BCUT2D eigenvalue weighted by Crippen LogP contribution is 2.30. The summed E-state index contributed by atoms with van der Waals surface area (Å²) in [7, 11) is 3.79. The molecule has 3 rings (SSSR count). The normalized spacial score (nSPS) is 11.8. The predicted molar refractivity (Wildman–Crippen MR) is 148 cm³/mol. The number of hydrogen-bond donors (Lipinski definition) is 2. The number of nitrogens with one attached hydrogen (secondary N) is 1. The van der Waals surface area contributed by atoms with Gasteiger partial charge in [-0.1, -0.05) is 23.7 Å². The Morgan fingerprint density at radius 1 is 1.03 bits per heavy atom. The molecule has 0 aliphatic rings. The highest BCUT2D eigenvalue weighted by atomic mass is 35.5. The fourth-order valence-electron chi connectivity index (χ4n) is 3.30. The van der Waals surface area contributed by atoms with Crippen LogP contribution in [0.5, 0.6) is 5.75 Å². The van der Waals surface area contributed by atoms with E-state index in [-0.39, 0.29) is 28.8 Å². The summed E-state index contributed by atoms with van der Waals surface area (Å²) in [6.07, 6.45) is 0.787. The van der Waals surface area contributed by atoms with Crippen LogP contribution in [-0.2, 0) is 21.2 Å². The Morgan fingerprint density at radius 2 is 1.64 bits per heavy atom. The van der Waals surface area contributed by atoms with Crippen LogP contribution in [0.25, 0.3) is 0 Å². The molecule has 0 spiro atoms. The summed E-state index contributed by atoms with van der Waals surface area (Å²) in [5.74, 6) is -0.621. The number of sulfonamides is 1. The largest absolute Gasteiger partial charge is 0.480 e. The van der Waals surface area contributed by atoms with Crippen molar-refractivity contribution in [3.05, 3.63) is 65.3 Å². The van der Waals surface area contributed by atoms with Crippen molar-refractivity contribution >= 4 is 51.1 Å². The molecule has 0 aliphatic carbocycles. The Labute approximate surface area is 231 Å². The lowest BCUT2D eigenvalue weighted by atomic mass is 10.1. The quantitative estimate of drug-likeness (QED) is 0.369. The summed E-state index contributed by atoms with van der Waals surface area (Å²) >= 11 is 5.90. The minimum atomic E-state index is -4.05. The molecule has 3 aromatic rings. The maximum atomic E-state index is 13.3. The molecule has 0 fully saturated rings. The molecular formula is C25H29ClN6O6S. The van der Waals surface area contributed by atoms with Crippen LogP contribution in [-0.4, -0.2) is 81.7 Å². The van der Waals surface area contributed by atoms with E-state index >= 15 is 0 Å². The van der Waals surface area contributed by atoms with Crippen molar-refractivity contribution in [1.82, 2.24) is 14.9 Å². The third kappa shape index (κ3) is 7.27. The summed E-state index contributed by atoms with van der Waals surface area (Å²) in [6, 6.07) is 10.9. The van der Waals surface area contributed by atoms with Crippen LogP contribution in [0.2, 0.25) is 5.02 Å². The molecule has 0 bridgehead atoms. The summed E-state index contributed by atoms with van der Waals surface area (Å²) in [5, 5.41) is 13.2. The standard InChI is InChI=1S/C25H29ClN6O6S/c1-30(2)24-27-15-21(32(5)39(36,37)19-12-8-17(26)9-13-19)22(29-24)28-20(23(33)34)14-16-6-10-18(11-7-16)38-25(35)31(3)4/h6-13,15,20H,14H2,1-5H3,(H,33,34)(H,27,28,29). The van der Waals surface area contributed by atoms with Gasteiger partial charge in [0.25, 0.3) is 10.0 Å². The van der Waals surface area contributed by atoms with E-state index in [9.17, 15) is 23.1 Å². The number of hydrogen-bond acceptors (Lipinski definition) is 9. The number of carboxylic acids is 1. The average Bonchev–Trinajstić information content (AvgIpc) is 2.88. The second-order valence-electron chi connectivity index (χ2n) is 8.87. The first-order valence-electron chi connectivity index (χ1n) is 11.6. The van der Waals surface area contributed by atoms with E-state index < -0.39 is 28.1 Å². The van der Waals surface area contributed by atoms with E-state index in [0.717, 1.165) is 4.31 Å². The first-order chi connectivity index (χ1) is 18.3. The van der Waals surface area contributed by atoms with Gasteiger partial charge in [-0.3, -0.25) is 4.31 Å². The van der Waals surface area contributed by atoms with E-state index in [4.69, 9.17) is 16.3 Å². The first-order valence-corrected chi connectivity index (χ1v) is 13.4. The topological polar surface area (TPSA) is 145 Å². The van der Waals surface area contributed by atoms with Crippen molar-refractivity contribution in [2.45, 2.75) is 17.4 Å². The molecule has 0 aliphatic heterocycles. The lowest BCUT2D eigenvalue weighted by Crippen LogP contribution is -2.34. The van der Waals surface area contributed by atoms with Crippen molar-refractivity contribution in [2.75, 3.05) is 49.8 Å². The Morgan fingerprint density at radius 3 is 2.18 bits per heavy atom. The van der Waals surface area contributed by atoms with E-state index in [1.54, 1.807) is 57.4 Å². The lowest BCUT2D eigenvalue weighted by Gasteiger charge is -2.25. The molecule has 12 nitrogen and oxygen atoms in total. The monoisotopic (exact) mass is 576 g/mol. The van der Waals surface area contributed by atoms with Gasteiger partial charge in [0.15, 0.2) is 5.82 Å². The van der Waals surface area contributed by atoms with E-state index in [2.05, 4.69) is 15.3 Å². The van der Waals surface area contributed by atoms with Crippen molar-refractivity contribution in [3.8, 4) is 5.75 Å². The van der Waals surface area contributed by atoms with Crippen LogP contribution in [0, 0.1) is 0 Å². The van der Waals surface area contributed by atoms with E-state index in [1.807, 2.05) is 0 Å². The molecule has 0 radical (unpaired) electrons. The molecule has 14 heteroatoms. The zero-order valence-electron chi connectivity index (χ0n) is 22.0. The molecule has 39 heavy (non-hydrogen) atoms. The van der Waals surface area contributed by atoms with Gasteiger partial charge in [-0.15, -0.1) is 0 Å². The number of aromatic nitrogens is 2. The molecule has 2 aromatic carbocycles. The Bertz CT molecular complexity index is 1430. The summed E-state index contributed by atoms with van der Waals surface area (Å²) in [6.45, 7) is 0. The van der Waals surface area contributed by atoms with Crippen molar-refractivity contribution in [3.63, 3.8) is 0 Å². The Balaban J connectivity index is 1.92. The highest BCUT2D eigenvalue weighted by Gasteiger charge is 2.27. The van der Waals surface area contributed by atoms with Crippen LogP contribution >= 0.6 is 11.6 Å². The SMILES string of the molecule is CN(C)C(=O)Oc1ccc(CC(Nc2nc(N(C)C)ncc2N(C)S(=O)(=O)c2ccc(Cl)cc2)C(=O)O)cc1. The van der Waals surface area contributed by atoms with Crippen LogP contribution in [0.3, 0.4) is 0 Å². The number of carbonyl (C=O) groups is 2. The fourth-order valence-corrected chi connectivity index (χ4v) is 4.61. The number of carboxylic acid groups (broad SMARTS) is 1. The number of ether oxygens (including phenoxy) is 1. The fraction of sp³-hybridized carbons (Fsp3) is 0.280. The lowest BCUT2D eigenvalue weighted by molar-refractivity contribution is -0.137. The molecule has 0 saturated carbocycles. The summed E-state index contributed by atoms with van der Waals surface area (Å²) in [5.41, 5.74) is 0.679. The molecule has 1 heterocycles. The number of anilines is 3. The predicted octanol–water partition coefficient (Wildman–Crippen LogP) is 3.19. The summed E-state index contributed by atoms with van der Waals surface area (Å²) < 4.78 is 32.8. The third-order valence-corrected chi connectivity index (χ3v) is 7.55. The number of benzene rings is 2. The maximum Gasteiger partial charge on any atom is 0.414 e. The van der Waals surface area contributed by atoms with Gasteiger partial charge in [0.05, 0.1) is 11.1 Å². The Hall–Kier alpha value is -4.10. The van der Waals surface area contributed by atoms with Gasteiger partial charge in [-0.2, -0.15) is 4.98 Å². The Kier molecular flexibility index (Phi) is 9.20. The van der Waals surface area contributed by atoms with Gasteiger partial charge in [0, 0.05) is 46.7 Å². The minimum Gasteiger partial charge on any atom is -0.480 e. The van der Waals surface area contributed by atoms with Crippen LogP contribution in [0.15, 0.2) is 59.6 Å². The van der Waals surface area contributed by atoms with Gasteiger partial charge in [0.1, 0.15) is 17.5 Å². The minimum absolute atomic E-state index is 0.0117. The summed E-state index contributed by atoms with van der Waals surface area (Å²) in [4.78, 5) is 35.4. The third-order valence-electron chi connectivity index (χ3n) is 5.51. The van der Waals surface area contributed by atoms with Crippen molar-refractivity contribution < 1.29 is 27.9 Å². The van der Waals surface area contributed by atoms with Crippen LogP contribution < -0.4 is 19.3 Å². The smallest absolute Gasteiger partial charge is 0.414 e. The number of rotatable bonds is 10. The number of carbonyl (C=O) groups excluding carboxylic acids is 1. The van der Waals surface area contributed by atoms with Gasteiger partial charge in [0.2, 0.25) is 5.95 Å². The molecular weight excluding hydrogens is 548 g/mol. The molecule has 1 amide bonds. The maximum absolute atomic E-state index is 13.3. The molecule has 1 aromatic heterocycles. The number of halogens is 1. The molecule has 1 unspecified atom stereocenters. The zero-order valence-corrected chi connectivity index (χ0v) is 23.6. The zero-order chi connectivity index (χ0) is 28.9. The molecule has 2 N–H and O–H groups in total. The van der Waals surface area contributed by atoms with E-state index in [1.165, 1.54) is 42.4 Å². The number of aliphatic carboxylic acids is 1. The molecule has 0 saturated heterocycles. The second kappa shape index (κ2) is 12.2. The van der Waals surface area contributed by atoms with Crippen LogP contribution in [0.4, 0.5) is 22.2 Å². The van der Waals surface area contributed by atoms with Gasteiger partial charge >= 0.3 is 12.1 Å². The van der Waals surface area contributed by atoms with E-state index in [0.29, 0.717) is 16.3 Å². The number of amides is 1. The van der Waals surface area contributed by atoms with Crippen molar-refractivity contribution in [1.29, 1.82) is 0 Å². The van der Waals surface area contributed by atoms with Gasteiger partial charge in [-0.25, -0.2) is 23.0 Å². The first kappa shape index (κ1) is 29.5. The molecule has 208 valence electrons. The average molecular weight is 577 g/mol. The molecule has 1 atom stereocenters. The van der Waals surface area contributed by atoms with Gasteiger partial charge < -0.3 is 25.0 Å². The second-order valence-corrected chi connectivity index (χ2v) is 11.3. The van der Waals surface area contributed by atoms with Crippen molar-refractivity contribution in [2.24, 2.45) is 0 Å².